The molecule has 2 aromatic heterocycles. The molecule has 4 rings (SSSR count). The first-order chi connectivity index (χ1) is 12.7. The number of para-hydroxylation sites is 1. The zero-order chi connectivity index (χ0) is 17.9. The van der Waals surface area contributed by atoms with Crippen molar-refractivity contribution in [3.05, 3.63) is 94.5 Å². The molecule has 4 nitrogen and oxygen atoms in total. The minimum atomic E-state index is -0.211. The zero-order valence-electron chi connectivity index (χ0n) is 13.9. The quantitative estimate of drug-likeness (QED) is 0.483. The Morgan fingerprint density at radius 2 is 1.88 bits per heavy atom. The summed E-state index contributed by atoms with van der Waals surface area (Å²) < 4.78 is 6.21. The van der Waals surface area contributed by atoms with Crippen LogP contribution in [-0.4, -0.2) is 17.4 Å². The average Bonchev–Trinajstić information content (AvgIpc) is 3.33. The maximum absolute atomic E-state index is 12.3. The molecule has 130 valence electrons. The molecule has 0 aliphatic carbocycles. The van der Waals surface area contributed by atoms with Gasteiger partial charge in [-0.1, -0.05) is 46.3 Å². The third kappa shape index (κ3) is 3.30. The highest BCUT2D eigenvalue weighted by molar-refractivity contribution is 9.10. The van der Waals surface area contributed by atoms with E-state index in [1.54, 1.807) is 12.1 Å². The molecule has 2 heterocycles. The van der Waals surface area contributed by atoms with Gasteiger partial charge >= 0.3 is 0 Å². The maximum Gasteiger partial charge on any atom is 0.287 e. The summed E-state index contributed by atoms with van der Waals surface area (Å²) in [5, 5.41) is 4.15. The topological polar surface area (TPSA) is 58.0 Å². The van der Waals surface area contributed by atoms with E-state index < -0.39 is 0 Å². The highest BCUT2D eigenvalue weighted by Crippen LogP contribution is 2.31. The molecule has 1 amide bonds. The van der Waals surface area contributed by atoms with Crippen molar-refractivity contribution in [2.75, 3.05) is 6.54 Å². The van der Waals surface area contributed by atoms with Gasteiger partial charge in [-0.25, -0.2) is 0 Å². The molecule has 0 radical (unpaired) electrons. The molecule has 2 aromatic carbocycles. The van der Waals surface area contributed by atoms with Gasteiger partial charge in [-0.15, -0.1) is 0 Å². The normalized spacial score (nSPS) is 12.2. The van der Waals surface area contributed by atoms with Gasteiger partial charge in [0.2, 0.25) is 0 Å². The second kappa shape index (κ2) is 7.22. The van der Waals surface area contributed by atoms with Gasteiger partial charge in [-0.2, -0.15) is 0 Å². The molecule has 0 spiro atoms. The van der Waals surface area contributed by atoms with E-state index in [0.717, 1.165) is 26.5 Å². The third-order valence-corrected chi connectivity index (χ3v) is 5.01. The number of hydrogen-bond acceptors (Lipinski definition) is 2. The van der Waals surface area contributed by atoms with Gasteiger partial charge in [0.05, 0.1) is 6.26 Å². The number of aromatic amines is 1. The lowest BCUT2D eigenvalue weighted by molar-refractivity contribution is 0.0925. The largest absolute Gasteiger partial charge is 0.459 e. The van der Waals surface area contributed by atoms with Gasteiger partial charge in [-0.3, -0.25) is 4.79 Å². The molecule has 0 fully saturated rings. The molecule has 0 saturated carbocycles. The first-order valence-corrected chi connectivity index (χ1v) is 9.15. The summed E-state index contributed by atoms with van der Waals surface area (Å²) in [5.74, 6) is 0.133. The number of nitrogens with one attached hydrogen (secondary N) is 2. The fourth-order valence-electron chi connectivity index (χ4n) is 3.17. The Morgan fingerprint density at radius 3 is 2.65 bits per heavy atom. The van der Waals surface area contributed by atoms with E-state index in [1.807, 2.05) is 30.5 Å². The Labute approximate surface area is 159 Å². The number of furan rings is 1. The van der Waals surface area contributed by atoms with Gasteiger partial charge in [-0.05, 0) is 41.5 Å². The number of fused-ring (bicyclic) bond motifs is 1. The van der Waals surface area contributed by atoms with Crippen molar-refractivity contribution >= 4 is 32.7 Å². The van der Waals surface area contributed by atoms with Crippen molar-refractivity contribution in [3.8, 4) is 0 Å². The molecule has 5 heteroatoms. The molecule has 0 bridgehead atoms. The lowest BCUT2D eigenvalue weighted by Crippen LogP contribution is -2.28. The number of amides is 1. The lowest BCUT2D eigenvalue weighted by atomic mass is 9.91. The van der Waals surface area contributed by atoms with Crippen LogP contribution in [0.15, 0.2) is 82.0 Å². The van der Waals surface area contributed by atoms with Crippen LogP contribution in [-0.2, 0) is 0 Å². The van der Waals surface area contributed by atoms with Crippen LogP contribution in [0.2, 0.25) is 0 Å². The Morgan fingerprint density at radius 1 is 1.08 bits per heavy atom. The molecule has 0 aliphatic heterocycles. The van der Waals surface area contributed by atoms with Gasteiger partial charge in [0.25, 0.3) is 5.91 Å². The van der Waals surface area contributed by atoms with Crippen LogP contribution >= 0.6 is 15.9 Å². The number of hydrogen-bond donors (Lipinski definition) is 2. The molecule has 1 atom stereocenters. The van der Waals surface area contributed by atoms with Crippen LogP contribution in [0.1, 0.15) is 27.6 Å². The van der Waals surface area contributed by atoms with E-state index in [2.05, 4.69) is 50.5 Å². The zero-order valence-corrected chi connectivity index (χ0v) is 15.5. The van der Waals surface area contributed by atoms with Crippen LogP contribution in [0, 0.1) is 0 Å². The minimum Gasteiger partial charge on any atom is -0.459 e. The summed E-state index contributed by atoms with van der Waals surface area (Å²) in [7, 11) is 0. The summed E-state index contributed by atoms with van der Waals surface area (Å²) in [6.45, 7) is 0.475. The SMILES string of the molecule is O=C(NC[C@H](c1ccc(Br)cc1)c1c[nH]c2ccccc12)c1ccco1. The van der Waals surface area contributed by atoms with Crippen molar-refractivity contribution in [1.82, 2.24) is 10.3 Å². The fourth-order valence-corrected chi connectivity index (χ4v) is 3.44. The monoisotopic (exact) mass is 408 g/mol. The molecular formula is C21H17BrN2O2. The Kier molecular flexibility index (Phi) is 4.63. The molecule has 0 aliphatic rings. The highest BCUT2D eigenvalue weighted by Gasteiger charge is 2.20. The molecule has 0 unspecified atom stereocenters. The number of H-pyrrole nitrogens is 1. The van der Waals surface area contributed by atoms with E-state index in [0.29, 0.717) is 12.3 Å². The van der Waals surface area contributed by atoms with E-state index in [4.69, 9.17) is 4.42 Å². The van der Waals surface area contributed by atoms with E-state index in [1.165, 1.54) is 6.26 Å². The maximum atomic E-state index is 12.3. The number of rotatable bonds is 5. The summed E-state index contributed by atoms with van der Waals surface area (Å²) in [5.41, 5.74) is 3.38. The van der Waals surface area contributed by atoms with E-state index >= 15 is 0 Å². The molecule has 26 heavy (non-hydrogen) atoms. The lowest BCUT2D eigenvalue weighted by Gasteiger charge is -2.18. The van der Waals surface area contributed by atoms with Gasteiger partial charge in [0.15, 0.2) is 5.76 Å². The van der Waals surface area contributed by atoms with E-state index in [-0.39, 0.29) is 11.8 Å². The van der Waals surface area contributed by atoms with Crippen molar-refractivity contribution in [2.45, 2.75) is 5.92 Å². The third-order valence-electron chi connectivity index (χ3n) is 4.48. The Balaban J connectivity index is 1.67. The highest BCUT2D eigenvalue weighted by atomic mass is 79.9. The van der Waals surface area contributed by atoms with Crippen LogP contribution in [0.3, 0.4) is 0 Å². The molecular weight excluding hydrogens is 392 g/mol. The van der Waals surface area contributed by atoms with Crippen LogP contribution in [0.5, 0.6) is 0 Å². The standard InChI is InChI=1S/C21H17BrN2O2/c22-15-9-7-14(8-10-15)17(12-24-21(25)20-6-3-11-26-20)18-13-23-19-5-2-1-4-16(18)19/h1-11,13,17,23H,12H2,(H,24,25)/t17-/m1/s1. The van der Waals surface area contributed by atoms with Crippen LogP contribution < -0.4 is 5.32 Å². The Bertz CT molecular complexity index is 1020. The predicted molar refractivity (Wildman–Crippen MR) is 105 cm³/mol. The van der Waals surface area contributed by atoms with Crippen molar-refractivity contribution in [2.24, 2.45) is 0 Å². The average molecular weight is 409 g/mol. The minimum absolute atomic E-state index is 0.0261. The number of halogens is 1. The smallest absolute Gasteiger partial charge is 0.287 e. The first-order valence-electron chi connectivity index (χ1n) is 8.35. The second-order valence-corrected chi connectivity index (χ2v) is 7.00. The number of carbonyl (C=O) groups is 1. The number of carbonyl (C=O) groups excluding carboxylic acids is 1. The van der Waals surface area contributed by atoms with E-state index in [9.17, 15) is 4.79 Å². The predicted octanol–water partition coefficient (Wildman–Crippen LogP) is 5.09. The summed E-state index contributed by atoms with van der Waals surface area (Å²) in [6, 6.07) is 19.8. The van der Waals surface area contributed by atoms with Gasteiger partial charge in [0.1, 0.15) is 0 Å². The van der Waals surface area contributed by atoms with Crippen LogP contribution in [0.4, 0.5) is 0 Å². The second-order valence-electron chi connectivity index (χ2n) is 6.08. The first kappa shape index (κ1) is 16.7. The number of aromatic nitrogens is 1. The van der Waals surface area contributed by atoms with Gasteiger partial charge in [0, 0.05) is 34.0 Å². The molecule has 0 saturated heterocycles. The fraction of sp³-hybridized carbons (Fsp3) is 0.0952. The van der Waals surface area contributed by atoms with Crippen LogP contribution in [0.25, 0.3) is 10.9 Å². The number of benzene rings is 2. The van der Waals surface area contributed by atoms with Crippen molar-refractivity contribution in [3.63, 3.8) is 0 Å². The summed E-state index contributed by atoms with van der Waals surface area (Å²) in [4.78, 5) is 15.6. The van der Waals surface area contributed by atoms with Crippen molar-refractivity contribution < 1.29 is 9.21 Å². The van der Waals surface area contributed by atoms with Gasteiger partial charge < -0.3 is 14.7 Å². The molecule has 2 N–H and O–H groups in total. The van der Waals surface area contributed by atoms with Crippen molar-refractivity contribution in [1.29, 1.82) is 0 Å². The molecule has 4 aromatic rings. The summed E-state index contributed by atoms with van der Waals surface area (Å²) in [6.07, 6.45) is 3.53. The Hall–Kier alpha value is -2.79. The summed E-state index contributed by atoms with van der Waals surface area (Å²) >= 11 is 3.48.